The van der Waals surface area contributed by atoms with Gasteiger partial charge in [-0.15, -0.1) is 0 Å². The molecule has 3 heterocycles. The summed E-state index contributed by atoms with van der Waals surface area (Å²) in [5.41, 5.74) is 0. The number of likely N-dealkylation sites (N-methyl/N-ethyl adjacent to an activating group) is 1. The molecule has 1 aromatic heterocycles. The minimum absolute atomic E-state index is 0.0592. The van der Waals surface area contributed by atoms with Crippen molar-refractivity contribution in [2.24, 2.45) is 5.92 Å². The van der Waals surface area contributed by atoms with Crippen molar-refractivity contribution in [2.75, 3.05) is 44.7 Å². The number of amides is 1. The Bertz CT molecular complexity index is 938. The molecule has 0 aliphatic carbocycles. The number of aromatic nitrogens is 2. The third kappa shape index (κ3) is 9.76. The Morgan fingerprint density at radius 1 is 1.11 bits per heavy atom. The molecule has 37 heavy (non-hydrogen) atoms. The van der Waals surface area contributed by atoms with Crippen LogP contribution in [0.25, 0.3) is 0 Å². The van der Waals surface area contributed by atoms with Crippen molar-refractivity contribution in [1.29, 1.82) is 0 Å². The van der Waals surface area contributed by atoms with E-state index >= 15 is 0 Å². The molecule has 0 bridgehead atoms. The number of nitrogens with one attached hydrogen (secondary N) is 1. The molecule has 1 amide bonds. The minimum Gasteiger partial charge on any atom is -0.490 e. The summed E-state index contributed by atoms with van der Waals surface area (Å²) in [7, 11) is 2.00. The summed E-state index contributed by atoms with van der Waals surface area (Å²) >= 11 is 0. The Kier molecular flexibility index (Phi) is 11.3. The van der Waals surface area contributed by atoms with Gasteiger partial charge in [-0.3, -0.25) is 0 Å². The van der Waals surface area contributed by atoms with Gasteiger partial charge >= 0.3 is 6.09 Å². The van der Waals surface area contributed by atoms with E-state index in [4.69, 9.17) is 9.47 Å². The lowest BCUT2D eigenvalue weighted by Crippen LogP contribution is -2.39. The molecule has 2 aliphatic rings. The fourth-order valence-electron chi connectivity index (χ4n) is 4.43. The van der Waals surface area contributed by atoms with Gasteiger partial charge in [0.1, 0.15) is 11.6 Å². The van der Waals surface area contributed by atoms with Crippen LogP contribution in [0.4, 0.5) is 19.5 Å². The Morgan fingerprint density at radius 3 is 2.32 bits per heavy atom. The second-order valence-corrected chi connectivity index (χ2v) is 9.73. The van der Waals surface area contributed by atoms with Crippen LogP contribution >= 0.6 is 0 Å². The van der Waals surface area contributed by atoms with E-state index in [9.17, 15) is 13.6 Å². The number of ether oxygens (including phenoxy) is 2. The molecule has 1 aromatic carbocycles. The Balaban J connectivity index is 0.000000405. The number of anilines is 1. The van der Waals surface area contributed by atoms with E-state index in [1.807, 2.05) is 25.8 Å². The van der Waals surface area contributed by atoms with Gasteiger partial charge in [-0.05, 0) is 71.0 Å². The smallest absolute Gasteiger partial charge is 0.410 e. The van der Waals surface area contributed by atoms with Crippen molar-refractivity contribution in [3.63, 3.8) is 0 Å². The van der Waals surface area contributed by atoms with Gasteiger partial charge in [-0.2, -0.15) is 0 Å². The Morgan fingerprint density at radius 2 is 1.78 bits per heavy atom. The van der Waals surface area contributed by atoms with Crippen LogP contribution in [-0.4, -0.2) is 72.9 Å². The lowest BCUT2D eigenvalue weighted by Gasteiger charge is -2.31. The van der Waals surface area contributed by atoms with Crippen LogP contribution < -0.4 is 15.0 Å². The van der Waals surface area contributed by atoms with E-state index in [-0.39, 0.29) is 12.2 Å². The fraction of sp³-hybridized carbons (Fsp3) is 0.593. The first-order chi connectivity index (χ1) is 17.8. The standard InChI is InChI=1S/C21H35N5O3.C6H4F2/c1-16(2)29-21(27)25-9-6-17(7-10-25)5-4-12-28-19-13-23-20(24-14-19)26-11-8-18(15-26)22-3;7-5-2-1-3-6(8)4-5/h13-14,16-18,22H,4-12,15H2,1-3H3;1-4H. The van der Waals surface area contributed by atoms with Crippen molar-refractivity contribution >= 4 is 12.0 Å². The van der Waals surface area contributed by atoms with E-state index in [2.05, 4.69) is 20.2 Å². The first-order valence-electron chi connectivity index (χ1n) is 13.1. The number of benzene rings is 1. The molecule has 4 rings (SSSR count). The van der Waals surface area contributed by atoms with Crippen LogP contribution in [0.2, 0.25) is 0 Å². The van der Waals surface area contributed by atoms with Crippen molar-refractivity contribution in [2.45, 2.75) is 58.1 Å². The van der Waals surface area contributed by atoms with E-state index < -0.39 is 11.6 Å². The molecular formula is C27H39F2N5O3. The van der Waals surface area contributed by atoms with Gasteiger partial charge in [0.15, 0.2) is 5.75 Å². The van der Waals surface area contributed by atoms with Crippen LogP contribution in [0.1, 0.15) is 46.0 Å². The molecule has 1 atom stereocenters. The van der Waals surface area contributed by atoms with Crippen LogP contribution in [0.15, 0.2) is 36.7 Å². The van der Waals surface area contributed by atoms with Crippen LogP contribution in [0.5, 0.6) is 5.75 Å². The molecule has 2 saturated heterocycles. The van der Waals surface area contributed by atoms with E-state index in [1.54, 1.807) is 12.4 Å². The summed E-state index contributed by atoms with van der Waals surface area (Å²) in [4.78, 5) is 24.9. The van der Waals surface area contributed by atoms with E-state index in [0.717, 1.165) is 76.0 Å². The number of hydrogen-bond acceptors (Lipinski definition) is 7. The first-order valence-corrected chi connectivity index (χ1v) is 13.1. The normalized spacial score (nSPS) is 17.9. The zero-order valence-corrected chi connectivity index (χ0v) is 22.0. The van der Waals surface area contributed by atoms with Crippen molar-refractivity contribution in [3.05, 3.63) is 48.3 Å². The number of nitrogens with zero attached hydrogens (tertiary/aromatic N) is 4. The highest BCUT2D eigenvalue weighted by molar-refractivity contribution is 5.67. The van der Waals surface area contributed by atoms with Gasteiger partial charge in [0.05, 0.1) is 25.1 Å². The zero-order valence-electron chi connectivity index (χ0n) is 22.0. The highest BCUT2D eigenvalue weighted by Crippen LogP contribution is 2.23. The summed E-state index contributed by atoms with van der Waals surface area (Å²) < 4.78 is 34.9. The number of hydrogen-bond donors (Lipinski definition) is 1. The molecule has 2 aromatic rings. The number of carbonyl (C=O) groups is 1. The lowest BCUT2D eigenvalue weighted by atomic mass is 9.92. The quantitative estimate of drug-likeness (QED) is 0.509. The van der Waals surface area contributed by atoms with E-state index in [0.29, 0.717) is 18.6 Å². The summed E-state index contributed by atoms with van der Waals surface area (Å²) in [5.74, 6) is 1.08. The van der Waals surface area contributed by atoms with Gasteiger partial charge in [0.2, 0.25) is 5.95 Å². The average Bonchev–Trinajstić information content (AvgIpc) is 3.37. The maximum Gasteiger partial charge on any atom is 0.410 e. The number of likely N-dealkylation sites (tertiary alicyclic amines) is 1. The molecule has 1 unspecified atom stereocenters. The minimum atomic E-state index is -0.537. The summed E-state index contributed by atoms with van der Waals surface area (Å²) in [6.45, 7) is 7.95. The number of rotatable bonds is 8. The van der Waals surface area contributed by atoms with Gasteiger partial charge in [-0.25, -0.2) is 23.5 Å². The van der Waals surface area contributed by atoms with Crippen LogP contribution in [-0.2, 0) is 4.74 Å². The molecule has 0 radical (unpaired) electrons. The van der Waals surface area contributed by atoms with Crippen LogP contribution in [0.3, 0.4) is 0 Å². The number of piperidine rings is 1. The predicted molar refractivity (Wildman–Crippen MR) is 139 cm³/mol. The first kappa shape index (κ1) is 28.6. The van der Waals surface area contributed by atoms with E-state index in [1.165, 1.54) is 18.2 Å². The van der Waals surface area contributed by atoms with Gasteiger partial charge in [-0.1, -0.05) is 6.07 Å². The average molecular weight is 520 g/mol. The van der Waals surface area contributed by atoms with Gasteiger partial charge in [0, 0.05) is 38.3 Å². The van der Waals surface area contributed by atoms with Crippen molar-refractivity contribution in [1.82, 2.24) is 20.2 Å². The maximum absolute atomic E-state index is 11.9. The number of carbonyl (C=O) groups excluding carboxylic acids is 1. The fourth-order valence-corrected chi connectivity index (χ4v) is 4.43. The molecule has 0 saturated carbocycles. The Hall–Kier alpha value is -3.01. The molecule has 8 nitrogen and oxygen atoms in total. The second kappa shape index (κ2) is 14.7. The summed E-state index contributed by atoms with van der Waals surface area (Å²) in [5, 5.41) is 3.30. The van der Waals surface area contributed by atoms with Crippen molar-refractivity contribution in [3.8, 4) is 5.75 Å². The summed E-state index contributed by atoms with van der Waals surface area (Å²) in [6, 6.07) is 5.07. The molecule has 0 spiro atoms. The SMILES string of the molecule is CNC1CCN(c2ncc(OCCCC3CCN(C(=O)OC(C)C)CC3)cn2)C1.Fc1cccc(F)c1. The Labute approximate surface area is 218 Å². The number of halogens is 2. The molecule has 204 valence electrons. The molecular weight excluding hydrogens is 480 g/mol. The van der Waals surface area contributed by atoms with Crippen molar-refractivity contribution < 1.29 is 23.0 Å². The second-order valence-electron chi connectivity index (χ2n) is 9.73. The third-order valence-corrected chi connectivity index (χ3v) is 6.52. The predicted octanol–water partition coefficient (Wildman–Crippen LogP) is 4.66. The molecule has 2 aliphatic heterocycles. The largest absolute Gasteiger partial charge is 0.490 e. The maximum atomic E-state index is 11.9. The van der Waals surface area contributed by atoms with Gasteiger partial charge < -0.3 is 24.6 Å². The highest BCUT2D eigenvalue weighted by Gasteiger charge is 2.24. The van der Waals surface area contributed by atoms with Gasteiger partial charge in [0.25, 0.3) is 0 Å². The zero-order chi connectivity index (χ0) is 26.6. The highest BCUT2D eigenvalue weighted by atomic mass is 19.1. The monoisotopic (exact) mass is 519 g/mol. The molecule has 10 heteroatoms. The lowest BCUT2D eigenvalue weighted by molar-refractivity contribution is 0.0643. The molecule has 1 N–H and O–H groups in total. The summed E-state index contributed by atoms with van der Waals surface area (Å²) in [6.07, 6.45) is 8.61. The third-order valence-electron chi connectivity index (χ3n) is 6.52. The topological polar surface area (TPSA) is 79.8 Å². The molecule has 2 fully saturated rings. The van der Waals surface area contributed by atoms with Crippen LogP contribution in [0, 0.1) is 17.6 Å².